The van der Waals surface area contributed by atoms with Crippen LogP contribution in [0.25, 0.3) is 0 Å². The summed E-state index contributed by atoms with van der Waals surface area (Å²) in [7, 11) is 1.56. The third kappa shape index (κ3) is 6.61. The van der Waals surface area contributed by atoms with E-state index in [1.54, 1.807) is 55.6 Å². The SMILES string of the molecule is COc1ccc(C(=O)N(CCN2CCOCC2)CC(=O)N2N=C(c3ccc([N+](=O)[O-])cc3)C[C@H]2c2ccco2)cc1. The molecule has 0 saturated carbocycles. The number of nitro benzene ring substituents is 1. The van der Waals surface area contributed by atoms with E-state index >= 15 is 0 Å². The molecule has 1 aromatic heterocycles. The number of hydrogen-bond acceptors (Lipinski definition) is 9. The van der Waals surface area contributed by atoms with Gasteiger partial charge in [-0.2, -0.15) is 5.10 Å². The zero-order valence-electron chi connectivity index (χ0n) is 22.7. The predicted octanol–water partition coefficient (Wildman–Crippen LogP) is 3.35. The zero-order valence-corrected chi connectivity index (χ0v) is 22.7. The zero-order chi connectivity index (χ0) is 28.8. The van der Waals surface area contributed by atoms with Crippen LogP contribution in [0.5, 0.6) is 5.75 Å². The average Bonchev–Trinajstić information content (AvgIpc) is 3.70. The molecular weight excluding hydrogens is 530 g/mol. The summed E-state index contributed by atoms with van der Waals surface area (Å²) in [5.41, 5.74) is 1.67. The van der Waals surface area contributed by atoms with Crippen LogP contribution in [0.1, 0.15) is 34.1 Å². The van der Waals surface area contributed by atoms with E-state index in [9.17, 15) is 19.7 Å². The van der Waals surface area contributed by atoms with Crippen molar-refractivity contribution < 1.29 is 28.4 Å². The smallest absolute Gasteiger partial charge is 0.269 e. The molecule has 2 aromatic carbocycles. The van der Waals surface area contributed by atoms with Crippen LogP contribution in [0.4, 0.5) is 5.69 Å². The van der Waals surface area contributed by atoms with Gasteiger partial charge in [-0.1, -0.05) is 0 Å². The van der Waals surface area contributed by atoms with Gasteiger partial charge in [0, 0.05) is 50.3 Å². The number of nitro groups is 1. The molecule has 1 atom stereocenters. The van der Waals surface area contributed by atoms with E-state index in [-0.39, 0.29) is 24.0 Å². The summed E-state index contributed by atoms with van der Waals surface area (Å²) in [5, 5.41) is 17.1. The molecule has 0 spiro atoms. The number of carbonyl (C=O) groups is 2. The molecule has 0 unspecified atom stereocenters. The number of nitrogens with zero attached hydrogens (tertiary/aromatic N) is 5. The van der Waals surface area contributed by atoms with Crippen LogP contribution in [0.2, 0.25) is 0 Å². The molecule has 0 bridgehead atoms. The first kappa shape index (κ1) is 28.0. The maximum absolute atomic E-state index is 13.8. The molecule has 3 heterocycles. The Labute approximate surface area is 236 Å². The number of hydrogen-bond donors (Lipinski definition) is 0. The maximum Gasteiger partial charge on any atom is 0.269 e. The highest BCUT2D eigenvalue weighted by molar-refractivity contribution is 6.03. The first-order chi connectivity index (χ1) is 19.9. The van der Waals surface area contributed by atoms with Gasteiger partial charge in [-0.25, -0.2) is 5.01 Å². The first-order valence-electron chi connectivity index (χ1n) is 13.3. The number of rotatable bonds is 10. The van der Waals surface area contributed by atoms with Gasteiger partial charge in [-0.05, 0) is 54.1 Å². The van der Waals surface area contributed by atoms with Crippen LogP contribution in [0, 0.1) is 10.1 Å². The van der Waals surface area contributed by atoms with Crippen LogP contribution in [-0.2, 0) is 9.53 Å². The largest absolute Gasteiger partial charge is 0.497 e. The Hall–Kier alpha value is -4.55. The number of ether oxygens (including phenoxy) is 2. The number of hydrazone groups is 1. The van der Waals surface area contributed by atoms with Crippen molar-refractivity contribution in [2.75, 3.05) is 53.0 Å². The van der Waals surface area contributed by atoms with E-state index in [2.05, 4.69) is 10.0 Å². The number of methoxy groups -OCH3 is 1. The summed E-state index contributed by atoms with van der Waals surface area (Å²) in [6.45, 7) is 3.52. The highest BCUT2D eigenvalue weighted by Gasteiger charge is 2.36. The molecule has 1 fully saturated rings. The molecular formula is C29H31N5O7. The monoisotopic (exact) mass is 561 g/mol. The van der Waals surface area contributed by atoms with Gasteiger partial charge in [0.1, 0.15) is 24.1 Å². The molecule has 12 nitrogen and oxygen atoms in total. The normalized spacial score (nSPS) is 17.2. The molecule has 12 heteroatoms. The van der Waals surface area contributed by atoms with Gasteiger partial charge >= 0.3 is 0 Å². The van der Waals surface area contributed by atoms with Crippen LogP contribution < -0.4 is 4.74 Å². The average molecular weight is 562 g/mol. The third-order valence-electron chi connectivity index (χ3n) is 7.19. The highest BCUT2D eigenvalue weighted by Crippen LogP contribution is 2.33. The second kappa shape index (κ2) is 12.7. The summed E-state index contributed by atoms with van der Waals surface area (Å²) < 4.78 is 16.3. The molecule has 0 radical (unpaired) electrons. The molecule has 5 rings (SSSR count). The highest BCUT2D eigenvalue weighted by atomic mass is 16.6. The Kier molecular flexibility index (Phi) is 8.70. The lowest BCUT2D eigenvalue weighted by molar-refractivity contribution is -0.384. The lowest BCUT2D eigenvalue weighted by atomic mass is 10.0. The van der Waals surface area contributed by atoms with E-state index in [4.69, 9.17) is 13.9 Å². The number of morpholine rings is 1. The van der Waals surface area contributed by atoms with E-state index < -0.39 is 11.0 Å². The molecule has 2 aliphatic rings. The van der Waals surface area contributed by atoms with Crippen molar-refractivity contribution in [2.24, 2.45) is 5.10 Å². The minimum absolute atomic E-state index is 0.0316. The lowest BCUT2D eigenvalue weighted by Gasteiger charge is -2.31. The van der Waals surface area contributed by atoms with Gasteiger partial charge < -0.3 is 18.8 Å². The number of furan rings is 1. The number of non-ortho nitro benzene ring substituents is 1. The predicted molar refractivity (Wildman–Crippen MR) is 149 cm³/mol. The lowest BCUT2D eigenvalue weighted by Crippen LogP contribution is -2.46. The van der Waals surface area contributed by atoms with E-state index in [0.717, 1.165) is 13.1 Å². The topological polar surface area (TPSA) is 131 Å². The van der Waals surface area contributed by atoms with Gasteiger partial charge in [0.15, 0.2) is 0 Å². The van der Waals surface area contributed by atoms with Crippen molar-refractivity contribution in [3.63, 3.8) is 0 Å². The van der Waals surface area contributed by atoms with Gasteiger partial charge in [-0.3, -0.25) is 24.6 Å². The summed E-state index contributed by atoms with van der Waals surface area (Å²) in [6, 6.07) is 15.8. The van der Waals surface area contributed by atoms with E-state index in [1.807, 2.05) is 0 Å². The molecule has 1 saturated heterocycles. The number of carbonyl (C=O) groups excluding carboxylic acids is 2. The minimum atomic E-state index is -0.514. The van der Waals surface area contributed by atoms with Crippen molar-refractivity contribution in [3.05, 3.63) is 93.9 Å². The van der Waals surface area contributed by atoms with Gasteiger partial charge in [0.2, 0.25) is 0 Å². The Morgan fingerprint density at radius 3 is 2.46 bits per heavy atom. The molecule has 0 N–H and O–H groups in total. The van der Waals surface area contributed by atoms with Gasteiger partial charge in [-0.15, -0.1) is 0 Å². The van der Waals surface area contributed by atoms with E-state index in [1.165, 1.54) is 28.3 Å². The fourth-order valence-corrected chi connectivity index (χ4v) is 4.88. The number of amides is 2. The second-order valence-corrected chi connectivity index (χ2v) is 9.73. The summed E-state index contributed by atoms with van der Waals surface area (Å²) in [6.07, 6.45) is 1.89. The maximum atomic E-state index is 13.8. The van der Waals surface area contributed by atoms with Crippen molar-refractivity contribution in [3.8, 4) is 5.75 Å². The quantitative estimate of drug-likeness (QED) is 0.272. The minimum Gasteiger partial charge on any atom is -0.497 e. The van der Waals surface area contributed by atoms with Gasteiger partial charge in [0.05, 0.1) is 37.2 Å². The Morgan fingerprint density at radius 1 is 1.10 bits per heavy atom. The Bertz CT molecular complexity index is 1380. The molecule has 3 aromatic rings. The molecule has 2 aliphatic heterocycles. The van der Waals surface area contributed by atoms with Crippen molar-refractivity contribution in [1.29, 1.82) is 0 Å². The van der Waals surface area contributed by atoms with Crippen LogP contribution in [-0.4, -0.2) is 90.3 Å². The third-order valence-corrected chi connectivity index (χ3v) is 7.19. The number of benzene rings is 2. The van der Waals surface area contributed by atoms with Crippen molar-refractivity contribution >= 4 is 23.2 Å². The molecule has 2 amide bonds. The first-order valence-corrected chi connectivity index (χ1v) is 13.3. The summed E-state index contributed by atoms with van der Waals surface area (Å²) >= 11 is 0. The van der Waals surface area contributed by atoms with Crippen LogP contribution >= 0.6 is 0 Å². The fraction of sp³-hybridized carbons (Fsp3) is 0.345. The Morgan fingerprint density at radius 2 is 1.83 bits per heavy atom. The van der Waals surface area contributed by atoms with Crippen LogP contribution in [0.3, 0.4) is 0 Å². The summed E-state index contributed by atoms with van der Waals surface area (Å²) in [5.74, 6) is 0.541. The molecule has 0 aliphatic carbocycles. The summed E-state index contributed by atoms with van der Waals surface area (Å²) in [4.78, 5) is 41.8. The van der Waals surface area contributed by atoms with Crippen molar-refractivity contribution in [2.45, 2.75) is 12.5 Å². The molecule has 214 valence electrons. The second-order valence-electron chi connectivity index (χ2n) is 9.73. The Balaban J connectivity index is 1.38. The fourth-order valence-electron chi connectivity index (χ4n) is 4.88. The molecule has 41 heavy (non-hydrogen) atoms. The standard InChI is InChI=1S/C29H31N5O7/c1-39-24-10-6-22(7-11-24)29(36)32(13-12-31-14-17-40-18-15-31)20-28(35)33-26(27-3-2-16-41-27)19-25(30-33)21-4-8-23(9-5-21)34(37)38/h2-11,16,26H,12-15,17-20H2,1H3/t26-/m0/s1. The van der Waals surface area contributed by atoms with Crippen LogP contribution in [0.15, 0.2) is 76.4 Å². The van der Waals surface area contributed by atoms with Gasteiger partial charge in [0.25, 0.3) is 17.5 Å². The van der Waals surface area contributed by atoms with Crippen molar-refractivity contribution in [1.82, 2.24) is 14.8 Å². The van der Waals surface area contributed by atoms with E-state index in [0.29, 0.717) is 61.1 Å².